The van der Waals surface area contributed by atoms with Crippen molar-refractivity contribution in [3.05, 3.63) is 76.8 Å². The quantitative estimate of drug-likeness (QED) is 0.0967. The predicted molar refractivity (Wildman–Crippen MR) is 188 cm³/mol. The summed E-state index contributed by atoms with van der Waals surface area (Å²) in [6.07, 6.45) is 4.24. The summed E-state index contributed by atoms with van der Waals surface area (Å²) in [5.41, 5.74) is 11.8. The Labute approximate surface area is 286 Å². The Bertz CT molecular complexity index is 1730. The van der Waals surface area contributed by atoms with Crippen LogP contribution < -0.4 is 25.4 Å². The molecule has 1 aromatic heterocycles. The highest BCUT2D eigenvalue weighted by atomic mass is 19.1. The van der Waals surface area contributed by atoms with E-state index in [0.717, 1.165) is 27.8 Å². The minimum absolute atomic E-state index is 0.146. The van der Waals surface area contributed by atoms with Crippen LogP contribution >= 0.6 is 0 Å². The number of benzene rings is 2. The van der Waals surface area contributed by atoms with Crippen LogP contribution in [0.25, 0.3) is 22.3 Å². The predicted octanol–water partition coefficient (Wildman–Crippen LogP) is 7.24. The number of ether oxygens (including phenoxy) is 4. The monoisotopic (exact) mass is 676 g/mol. The van der Waals surface area contributed by atoms with Gasteiger partial charge in [-0.05, 0) is 71.4 Å². The van der Waals surface area contributed by atoms with E-state index >= 15 is 4.39 Å². The van der Waals surface area contributed by atoms with Crippen LogP contribution in [-0.2, 0) is 19.1 Å². The van der Waals surface area contributed by atoms with Crippen molar-refractivity contribution in [1.29, 1.82) is 0 Å². The zero-order valence-corrected chi connectivity index (χ0v) is 29.4. The van der Waals surface area contributed by atoms with Crippen LogP contribution in [-0.4, -0.2) is 57.1 Å². The third kappa shape index (κ3) is 10.1. The summed E-state index contributed by atoms with van der Waals surface area (Å²) in [7, 11) is 3.13. The summed E-state index contributed by atoms with van der Waals surface area (Å²) >= 11 is 0. The fourth-order valence-electron chi connectivity index (χ4n) is 5.08. The summed E-state index contributed by atoms with van der Waals surface area (Å²) in [6.45, 7) is 11.5. The molecule has 49 heavy (non-hydrogen) atoms. The van der Waals surface area contributed by atoms with Crippen molar-refractivity contribution in [3.63, 3.8) is 0 Å². The smallest absolute Gasteiger partial charge is 0.418 e. The summed E-state index contributed by atoms with van der Waals surface area (Å²) in [5, 5.41) is 3.10. The first kappa shape index (κ1) is 38.1. The zero-order chi connectivity index (χ0) is 36.2. The summed E-state index contributed by atoms with van der Waals surface area (Å²) in [4.78, 5) is 41.6. The number of aromatic nitrogens is 1. The molecule has 0 spiro atoms. The van der Waals surface area contributed by atoms with Crippen LogP contribution in [0.2, 0.25) is 0 Å². The minimum Gasteiger partial charge on any atom is -0.496 e. The summed E-state index contributed by atoms with van der Waals surface area (Å²) in [5.74, 6) is -0.344. The first-order valence-corrected chi connectivity index (χ1v) is 15.7. The van der Waals surface area contributed by atoms with Crippen molar-refractivity contribution >= 4 is 29.5 Å². The van der Waals surface area contributed by atoms with Gasteiger partial charge < -0.3 is 30.0 Å². The van der Waals surface area contributed by atoms with E-state index in [9.17, 15) is 14.4 Å². The average Bonchev–Trinajstić information content (AvgIpc) is 3.05. The molecule has 2 aromatic carbocycles. The molecule has 1 heterocycles. The lowest BCUT2D eigenvalue weighted by Crippen LogP contribution is -2.33. The number of halogens is 1. The number of hydrogen-bond donors (Lipinski definition) is 2. The maximum absolute atomic E-state index is 15.2. The number of carbonyl (C=O) groups excluding carboxylic acids is 3. The van der Waals surface area contributed by atoms with E-state index in [4.69, 9.17) is 24.7 Å². The molecule has 0 atom stereocenters. The van der Waals surface area contributed by atoms with Gasteiger partial charge in [-0.15, -0.1) is 0 Å². The highest BCUT2D eigenvalue weighted by Gasteiger charge is 2.25. The van der Waals surface area contributed by atoms with Gasteiger partial charge in [0.05, 0.1) is 26.3 Å². The zero-order valence-electron chi connectivity index (χ0n) is 29.4. The molecule has 11 nitrogen and oxygen atoms in total. The fraction of sp³-hybridized carbons (Fsp3) is 0.351. The lowest BCUT2D eigenvalue weighted by Gasteiger charge is -2.23. The van der Waals surface area contributed by atoms with E-state index < -0.39 is 24.8 Å². The van der Waals surface area contributed by atoms with E-state index in [-0.39, 0.29) is 31.0 Å². The van der Waals surface area contributed by atoms with E-state index in [2.05, 4.69) is 10.3 Å². The highest BCUT2D eigenvalue weighted by molar-refractivity contribution is 5.90. The number of nitrogens with one attached hydrogen (secondary N) is 1. The van der Waals surface area contributed by atoms with Gasteiger partial charge in [0, 0.05) is 53.5 Å². The Morgan fingerprint density at radius 2 is 1.49 bits per heavy atom. The van der Waals surface area contributed by atoms with E-state index in [1.165, 1.54) is 11.0 Å². The number of nitrogens with two attached hydrogens (primary N) is 1. The Morgan fingerprint density at radius 1 is 0.878 bits per heavy atom. The molecule has 0 unspecified atom stereocenters. The number of methoxy groups -OCH3 is 2. The number of primary amides is 1. The second kappa shape index (κ2) is 17.7. The number of amides is 2. The Kier molecular flexibility index (Phi) is 13.7. The molecule has 0 aliphatic heterocycles. The Morgan fingerprint density at radius 3 is 2.02 bits per heavy atom. The Hall–Kier alpha value is -5.39. The molecule has 0 saturated carbocycles. The van der Waals surface area contributed by atoms with E-state index in [0.29, 0.717) is 40.4 Å². The molecule has 262 valence electrons. The molecule has 0 aliphatic rings. The van der Waals surface area contributed by atoms with Crippen LogP contribution in [0.5, 0.6) is 11.5 Å². The maximum Gasteiger partial charge on any atom is 0.418 e. The van der Waals surface area contributed by atoms with Crippen LogP contribution in [0.3, 0.4) is 0 Å². The van der Waals surface area contributed by atoms with Crippen molar-refractivity contribution in [2.45, 2.75) is 54.4 Å². The second-order valence-corrected chi connectivity index (χ2v) is 11.7. The van der Waals surface area contributed by atoms with Gasteiger partial charge >= 0.3 is 12.1 Å². The van der Waals surface area contributed by atoms with Crippen LogP contribution in [0.1, 0.15) is 51.7 Å². The third-order valence-electron chi connectivity index (χ3n) is 7.55. The van der Waals surface area contributed by atoms with E-state index in [1.807, 2.05) is 59.8 Å². The normalized spacial score (nSPS) is 10.5. The van der Waals surface area contributed by atoms with Crippen molar-refractivity contribution in [1.82, 2.24) is 4.98 Å². The largest absolute Gasteiger partial charge is 0.496 e. The number of anilines is 2. The van der Waals surface area contributed by atoms with Crippen LogP contribution in [0.4, 0.5) is 20.7 Å². The maximum atomic E-state index is 15.2. The van der Waals surface area contributed by atoms with Gasteiger partial charge in [-0.25, -0.2) is 14.2 Å². The van der Waals surface area contributed by atoms with Crippen LogP contribution in [0, 0.1) is 19.7 Å². The minimum atomic E-state index is -0.790. The molecule has 12 heteroatoms. The molecule has 3 aromatic rings. The molecule has 3 N–H and O–H groups in total. The average molecular weight is 677 g/mol. The lowest BCUT2D eigenvalue weighted by atomic mass is 9.89. The first-order chi connectivity index (χ1) is 23.3. The number of allylic oxidation sites excluding steroid dienone is 2. The van der Waals surface area contributed by atoms with Gasteiger partial charge in [-0.1, -0.05) is 29.4 Å². The number of nitrogens with zero attached hydrogens (tertiary/aromatic N) is 2. The van der Waals surface area contributed by atoms with Gasteiger partial charge in [-0.2, -0.15) is 0 Å². The standard InChI is InChI=1S/C37H45FN4O7/c1-22(2)15-17-40-29-11-9-26(19-28(29)38)33-24(5)36(47-8)34(25(6)35(33)46-7)27-10-13-31(41-20-27)42(18-16-23(3)4)37(45)49-21-48-32(44)14-12-30(39)43/h9-11,13,15-16,19-20,40H,12,14,17-18,21H2,1-8H3,(H2,39,43). The topological polar surface area (TPSA) is 142 Å². The van der Waals surface area contributed by atoms with E-state index in [1.54, 1.807) is 38.6 Å². The molecule has 0 bridgehead atoms. The van der Waals surface area contributed by atoms with Gasteiger partial charge in [0.2, 0.25) is 12.7 Å². The lowest BCUT2D eigenvalue weighted by molar-refractivity contribution is -0.152. The van der Waals surface area contributed by atoms with Gasteiger partial charge in [0.15, 0.2) is 0 Å². The number of esters is 1. The van der Waals surface area contributed by atoms with Crippen molar-refractivity contribution in [2.24, 2.45) is 5.73 Å². The number of carbonyl (C=O) groups is 3. The molecule has 0 radical (unpaired) electrons. The third-order valence-corrected chi connectivity index (χ3v) is 7.55. The number of rotatable bonds is 15. The van der Waals surface area contributed by atoms with Gasteiger partial charge in [0.1, 0.15) is 23.1 Å². The molecule has 0 fully saturated rings. The molecular formula is C37H45FN4O7. The molecule has 0 aliphatic carbocycles. The van der Waals surface area contributed by atoms with Crippen molar-refractivity contribution in [3.8, 4) is 33.8 Å². The fourth-order valence-corrected chi connectivity index (χ4v) is 5.08. The van der Waals surface area contributed by atoms with Crippen LogP contribution in [0.15, 0.2) is 59.8 Å². The number of hydrogen-bond acceptors (Lipinski definition) is 9. The van der Waals surface area contributed by atoms with Crippen molar-refractivity contribution < 1.29 is 37.7 Å². The number of pyridine rings is 1. The molecule has 3 rings (SSSR count). The molecule has 2 amide bonds. The van der Waals surface area contributed by atoms with Crippen molar-refractivity contribution in [2.75, 3.05) is 44.3 Å². The first-order valence-electron chi connectivity index (χ1n) is 15.7. The summed E-state index contributed by atoms with van der Waals surface area (Å²) in [6, 6.07) is 8.49. The molecular weight excluding hydrogens is 631 g/mol. The van der Waals surface area contributed by atoms with Gasteiger partial charge in [-0.3, -0.25) is 14.5 Å². The highest BCUT2D eigenvalue weighted by Crippen LogP contribution is 2.48. The SMILES string of the molecule is COc1c(C)c(-c2ccc(NCC=C(C)C)c(F)c2)c(OC)c(C)c1-c1ccc(N(CC=C(C)C)C(=O)OCOC(=O)CCC(N)=O)nc1. The Balaban J connectivity index is 1.96. The van der Waals surface area contributed by atoms with Gasteiger partial charge in [0.25, 0.3) is 0 Å². The molecule has 0 saturated heterocycles. The summed E-state index contributed by atoms with van der Waals surface area (Å²) < 4.78 is 37.1. The second-order valence-electron chi connectivity index (χ2n) is 11.7.